The van der Waals surface area contributed by atoms with Crippen LogP contribution in [0.2, 0.25) is 0 Å². The number of nitrogens with one attached hydrogen (secondary N) is 1. The Morgan fingerprint density at radius 3 is 1.89 bits per heavy atom. The Hall–Kier alpha value is -0.198. The van der Waals surface area contributed by atoms with E-state index in [1.54, 1.807) is 0 Å². The Morgan fingerprint density at radius 2 is 1.89 bits per heavy atom. The minimum absolute atomic E-state index is 0.598. The highest BCUT2D eigenvalue weighted by Crippen LogP contribution is 1.47. The molecule has 0 bridgehead atoms. The molecule has 0 aromatic rings. The fourth-order valence-electron chi connectivity index (χ4n) is 0.250. The molecule has 0 heterocycles. The largest absolute Gasteiger partial charge is 0.340 e. The second kappa shape index (κ2) is 15.7. The molecule has 9 heavy (non-hydrogen) atoms. The highest BCUT2D eigenvalue weighted by molar-refractivity contribution is 6.05. The lowest BCUT2D eigenvalue weighted by atomic mass is 10.7. The molecule has 0 unspecified atom stereocenters. The summed E-state index contributed by atoms with van der Waals surface area (Å²) in [6.45, 7) is 6.39. The Kier molecular flexibility index (Phi) is 20.1. The van der Waals surface area contributed by atoms with Crippen molar-refractivity contribution in [1.29, 1.82) is 0 Å². The van der Waals surface area contributed by atoms with Gasteiger partial charge >= 0.3 is 16.5 Å². The van der Waals surface area contributed by atoms with E-state index in [2.05, 4.69) is 28.2 Å². The zero-order valence-corrected chi connectivity index (χ0v) is 8.26. The summed E-state index contributed by atoms with van der Waals surface area (Å²) in [4.78, 5) is 2.42. The Balaban J connectivity index is 0. The molecule has 0 spiro atoms. The van der Waals surface area contributed by atoms with E-state index in [0.717, 1.165) is 13.1 Å². The molecule has 0 saturated heterocycles. The molecule has 0 fully saturated rings. The molecule has 0 amide bonds. The van der Waals surface area contributed by atoms with E-state index in [-0.39, 0.29) is 0 Å². The van der Waals surface area contributed by atoms with Gasteiger partial charge in [0.2, 0.25) is 0 Å². The third-order valence-corrected chi connectivity index (χ3v) is 0.768. The molecule has 0 aliphatic rings. The normalized spacial score (nSPS) is 6.44. The van der Waals surface area contributed by atoms with Crippen LogP contribution in [0.25, 0.3) is 10.4 Å². The van der Waals surface area contributed by atoms with Crippen LogP contribution in [0.5, 0.6) is 0 Å². The maximum Gasteiger partial charge on any atom is 0.340 e. The number of rotatable bonds is 2. The van der Waals surface area contributed by atoms with Crippen molar-refractivity contribution in [3.05, 3.63) is 10.4 Å². The predicted octanol–water partition coefficient (Wildman–Crippen LogP) is 0.461. The minimum Gasteiger partial charge on any atom is -0.317 e. The zero-order chi connectivity index (χ0) is 7.54. The van der Waals surface area contributed by atoms with E-state index in [1.165, 1.54) is 0 Å². The van der Waals surface area contributed by atoms with Crippen molar-refractivity contribution in [2.45, 2.75) is 13.8 Å². The maximum atomic E-state index is 7.37. The number of hydrogen-bond acceptors (Lipinski definition) is 2. The highest BCUT2D eigenvalue weighted by atomic mass is 27.1. The van der Waals surface area contributed by atoms with Crippen LogP contribution in [0, 0.1) is 0 Å². The first kappa shape index (κ1) is 11.6. The predicted molar refractivity (Wildman–Crippen MR) is 41.9 cm³/mol. The molecule has 0 aliphatic carbocycles. The van der Waals surface area contributed by atoms with Gasteiger partial charge in [0.25, 0.3) is 0 Å². The Bertz CT molecular complexity index is 76.6. The van der Waals surface area contributed by atoms with Crippen molar-refractivity contribution in [1.82, 2.24) is 5.32 Å². The van der Waals surface area contributed by atoms with E-state index in [4.69, 9.17) is 5.53 Å². The van der Waals surface area contributed by atoms with Gasteiger partial charge in [0, 0.05) is 0 Å². The van der Waals surface area contributed by atoms with Gasteiger partial charge in [-0.05, 0) is 23.5 Å². The number of azide groups is 1. The summed E-state index contributed by atoms with van der Waals surface area (Å²) < 4.78 is 3.06. The topological polar surface area (TPSA) is 60.8 Å². The summed E-state index contributed by atoms with van der Waals surface area (Å²) in [5, 5.41) is 3.11. The summed E-state index contributed by atoms with van der Waals surface area (Å²) in [5.41, 5.74) is 7.37. The van der Waals surface area contributed by atoms with Crippen LogP contribution >= 0.6 is 0 Å². The summed E-state index contributed by atoms with van der Waals surface area (Å²) in [7, 11) is 0. The highest BCUT2D eigenvalue weighted by Gasteiger charge is 1.62. The second-order valence-corrected chi connectivity index (χ2v) is 1.65. The van der Waals surface area contributed by atoms with E-state index in [1.807, 2.05) is 0 Å². The first-order valence-electron chi connectivity index (χ1n) is 2.97. The lowest BCUT2D eigenvalue weighted by Gasteiger charge is -1.86. The van der Waals surface area contributed by atoms with Gasteiger partial charge in [0.05, 0.1) is 0 Å². The third kappa shape index (κ3) is 33.4. The van der Waals surface area contributed by atoms with Gasteiger partial charge in [0.15, 0.2) is 0 Å². The summed E-state index contributed by atoms with van der Waals surface area (Å²) >= 11 is 0.598. The van der Waals surface area contributed by atoms with Gasteiger partial charge in [0.1, 0.15) is 0 Å². The maximum absolute atomic E-state index is 7.37. The van der Waals surface area contributed by atoms with E-state index in [0.29, 0.717) is 16.5 Å². The van der Waals surface area contributed by atoms with Crippen molar-refractivity contribution >= 4 is 16.5 Å². The molecule has 0 rings (SSSR count). The molecule has 0 aliphatic heterocycles. The van der Waals surface area contributed by atoms with Crippen LogP contribution in [0.15, 0.2) is 4.10 Å². The van der Waals surface area contributed by atoms with Crippen molar-refractivity contribution in [2.75, 3.05) is 13.1 Å². The van der Waals surface area contributed by atoms with E-state index >= 15 is 0 Å². The monoisotopic (exact) mass is 144 g/mol. The zero-order valence-electron chi connectivity index (χ0n) is 6.26. The number of nitrogens with zero attached hydrogens (tertiary/aromatic N) is 3. The molecule has 4 nitrogen and oxygen atoms in total. The van der Waals surface area contributed by atoms with Crippen LogP contribution in [0.1, 0.15) is 13.8 Å². The van der Waals surface area contributed by atoms with Crippen LogP contribution in [0.3, 0.4) is 0 Å². The standard InChI is InChI=1S/C4H11N.Al.N3.2H/c1-3-5-4-2;;1-3-2;;/h5H,3-4H2,1-2H3;;;;/q;+1;-1;;. The fraction of sp³-hybridized carbons (Fsp3) is 1.00. The quantitative estimate of drug-likeness (QED) is 0.260. The third-order valence-electron chi connectivity index (χ3n) is 0.589. The molecular formula is C4H13AlN4. The summed E-state index contributed by atoms with van der Waals surface area (Å²) in [6, 6.07) is 0. The molecule has 0 radical (unpaired) electrons. The van der Waals surface area contributed by atoms with Crippen molar-refractivity contribution in [2.24, 2.45) is 4.10 Å². The molecule has 0 atom stereocenters. The molecule has 1 N–H and O–H groups in total. The van der Waals surface area contributed by atoms with Crippen LogP contribution in [-0.4, -0.2) is 29.6 Å². The van der Waals surface area contributed by atoms with E-state index in [9.17, 15) is 0 Å². The first-order chi connectivity index (χ1) is 4.33. The van der Waals surface area contributed by atoms with Gasteiger partial charge in [-0.15, -0.1) is 0 Å². The fourth-order valence-corrected chi connectivity index (χ4v) is 0.250. The minimum atomic E-state index is 0.598. The molecule has 0 aromatic heterocycles. The van der Waals surface area contributed by atoms with Gasteiger partial charge in [-0.1, -0.05) is 13.8 Å². The van der Waals surface area contributed by atoms with Gasteiger partial charge in [-0.3, -0.25) is 0 Å². The molecule has 5 heteroatoms. The van der Waals surface area contributed by atoms with Crippen molar-refractivity contribution in [3.63, 3.8) is 0 Å². The first-order valence-corrected chi connectivity index (χ1v) is 3.86. The van der Waals surface area contributed by atoms with Crippen LogP contribution in [0.4, 0.5) is 0 Å². The van der Waals surface area contributed by atoms with Gasteiger partial charge in [-0.25, -0.2) is 4.10 Å². The molecule has 0 aromatic carbocycles. The van der Waals surface area contributed by atoms with Crippen LogP contribution in [-0.2, 0) is 0 Å². The van der Waals surface area contributed by atoms with Crippen molar-refractivity contribution in [3.8, 4) is 0 Å². The average Bonchev–Trinajstić information content (AvgIpc) is 1.91. The van der Waals surface area contributed by atoms with E-state index < -0.39 is 0 Å². The Labute approximate surface area is 63.9 Å². The smallest absolute Gasteiger partial charge is 0.317 e. The molecule has 0 saturated carbocycles. The SMILES string of the molecule is CCNCC.[N-]=[N+]=[N][AlH2]. The summed E-state index contributed by atoms with van der Waals surface area (Å²) in [6.07, 6.45) is 0. The molecular weight excluding hydrogens is 131 g/mol. The van der Waals surface area contributed by atoms with Crippen LogP contribution < -0.4 is 5.32 Å². The second-order valence-electron chi connectivity index (χ2n) is 1.25. The Morgan fingerprint density at radius 1 is 1.56 bits per heavy atom. The van der Waals surface area contributed by atoms with Gasteiger partial charge in [-0.2, -0.15) is 0 Å². The van der Waals surface area contributed by atoms with Crippen molar-refractivity contribution < 1.29 is 0 Å². The molecule has 52 valence electrons. The average molecular weight is 144 g/mol. The lowest BCUT2D eigenvalue weighted by Crippen LogP contribution is -2.09. The van der Waals surface area contributed by atoms with Gasteiger partial charge < -0.3 is 5.32 Å². The summed E-state index contributed by atoms with van der Waals surface area (Å²) in [5.74, 6) is 0. The lowest BCUT2D eigenvalue weighted by molar-refractivity contribution is 0.762. The number of hydrogen-bond donors (Lipinski definition) is 1.